The van der Waals surface area contributed by atoms with Crippen molar-refractivity contribution in [1.29, 1.82) is 0 Å². The summed E-state index contributed by atoms with van der Waals surface area (Å²) in [5.41, 5.74) is 0. The Morgan fingerprint density at radius 1 is 1.27 bits per heavy atom. The molecule has 2 rings (SSSR count). The number of rotatable bonds is 9. The van der Waals surface area contributed by atoms with E-state index in [1.807, 2.05) is 12.2 Å². The number of allylic oxidation sites excluding steroid dienone is 2. The molecule has 0 amide bonds. The molecule has 1 aliphatic rings. The van der Waals surface area contributed by atoms with E-state index >= 15 is 0 Å². The Labute approximate surface area is 155 Å². The van der Waals surface area contributed by atoms with Gasteiger partial charge in [0.05, 0.1) is 18.1 Å². The van der Waals surface area contributed by atoms with Crippen LogP contribution in [0.4, 0.5) is 0 Å². The second kappa shape index (κ2) is 9.85. The van der Waals surface area contributed by atoms with E-state index in [0.29, 0.717) is 32.1 Å². The molecule has 1 aliphatic carbocycles. The number of hydrogen-bond acceptors (Lipinski definition) is 5. The number of hydrogen-bond donors (Lipinski definition) is 2. The van der Waals surface area contributed by atoms with E-state index in [9.17, 15) is 18.3 Å². The van der Waals surface area contributed by atoms with Gasteiger partial charge in [0.15, 0.2) is 0 Å². The predicted molar refractivity (Wildman–Crippen MR) is 98.9 cm³/mol. The van der Waals surface area contributed by atoms with Crippen LogP contribution in [0.5, 0.6) is 0 Å². The number of nitrogens with one attached hydrogen (secondary N) is 1. The minimum Gasteiger partial charge on any atom is -0.469 e. The summed E-state index contributed by atoms with van der Waals surface area (Å²) < 4.78 is 32.3. The Morgan fingerprint density at radius 2 is 2.00 bits per heavy atom. The van der Waals surface area contributed by atoms with Gasteiger partial charge in [-0.2, -0.15) is 0 Å². The Morgan fingerprint density at radius 3 is 2.69 bits per heavy atom. The molecular weight excluding hydrogens is 354 g/mol. The number of benzene rings is 1. The maximum Gasteiger partial charge on any atom is 0.305 e. The van der Waals surface area contributed by atoms with Crippen molar-refractivity contribution in [2.75, 3.05) is 7.11 Å². The zero-order valence-electron chi connectivity index (χ0n) is 15.0. The number of unbranched alkanes of at least 4 members (excludes halogenated alkanes) is 1. The fraction of sp³-hybridized carbons (Fsp3) is 0.526. The van der Waals surface area contributed by atoms with Crippen LogP contribution in [0.25, 0.3) is 0 Å². The smallest absolute Gasteiger partial charge is 0.305 e. The SMILES string of the molecule is COC(=O)CCC/C=C\C[C@@H]1[C@@H](NS(=O)(=O)c2ccccc2)CC[C@@H]1O. The van der Waals surface area contributed by atoms with Crippen molar-refractivity contribution in [2.45, 2.75) is 55.6 Å². The Hall–Kier alpha value is -1.70. The van der Waals surface area contributed by atoms with Crippen molar-refractivity contribution in [1.82, 2.24) is 4.72 Å². The summed E-state index contributed by atoms with van der Waals surface area (Å²) in [5.74, 6) is -0.370. The second-order valence-electron chi connectivity index (χ2n) is 6.52. The van der Waals surface area contributed by atoms with Crippen LogP contribution in [-0.4, -0.2) is 38.7 Å². The summed E-state index contributed by atoms with van der Waals surface area (Å²) in [5, 5.41) is 10.2. The Balaban J connectivity index is 1.88. The fourth-order valence-electron chi connectivity index (χ4n) is 3.22. The van der Waals surface area contributed by atoms with E-state index in [0.717, 1.165) is 6.42 Å². The van der Waals surface area contributed by atoms with Gasteiger partial charge in [-0.25, -0.2) is 13.1 Å². The summed E-state index contributed by atoms with van der Waals surface area (Å²) in [4.78, 5) is 11.3. The summed E-state index contributed by atoms with van der Waals surface area (Å²) in [7, 11) is -2.22. The molecule has 1 aromatic rings. The largest absolute Gasteiger partial charge is 0.469 e. The Bertz CT molecular complexity index is 702. The Kier molecular flexibility index (Phi) is 7.81. The molecule has 3 atom stereocenters. The van der Waals surface area contributed by atoms with Gasteiger partial charge < -0.3 is 9.84 Å². The number of carbonyl (C=O) groups excluding carboxylic acids is 1. The van der Waals surface area contributed by atoms with Crippen molar-refractivity contribution < 1.29 is 23.1 Å². The summed E-state index contributed by atoms with van der Waals surface area (Å²) in [6.45, 7) is 0. The highest BCUT2D eigenvalue weighted by atomic mass is 32.2. The van der Waals surface area contributed by atoms with Gasteiger partial charge in [0.2, 0.25) is 10.0 Å². The third-order valence-corrected chi connectivity index (χ3v) is 6.20. The van der Waals surface area contributed by atoms with Crippen LogP contribution in [0.15, 0.2) is 47.4 Å². The lowest BCUT2D eigenvalue weighted by Crippen LogP contribution is -2.39. The third kappa shape index (κ3) is 5.93. The maximum absolute atomic E-state index is 12.5. The van der Waals surface area contributed by atoms with Crippen molar-refractivity contribution in [3.63, 3.8) is 0 Å². The van der Waals surface area contributed by atoms with Crippen molar-refractivity contribution in [2.24, 2.45) is 5.92 Å². The molecule has 144 valence electrons. The molecule has 6 nitrogen and oxygen atoms in total. The molecule has 0 radical (unpaired) electrons. The number of methoxy groups -OCH3 is 1. The molecule has 1 aromatic carbocycles. The van der Waals surface area contributed by atoms with Gasteiger partial charge in [-0.3, -0.25) is 4.79 Å². The zero-order valence-corrected chi connectivity index (χ0v) is 15.8. The highest BCUT2D eigenvalue weighted by Gasteiger charge is 2.36. The lowest BCUT2D eigenvalue weighted by Gasteiger charge is -2.22. The van der Waals surface area contributed by atoms with Crippen molar-refractivity contribution >= 4 is 16.0 Å². The first-order valence-corrected chi connectivity index (χ1v) is 10.4. The molecule has 26 heavy (non-hydrogen) atoms. The number of aliphatic hydroxyl groups excluding tert-OH is 1. The van der Waals surface area contributed by atoms with Gasteiger partial charge in [0.1, 0.15) is 0 Å². The normalized spacial score (nSPS) is 23.4. The first-order chi connectivity index (χ1) is 12.4. The first kappa shape index (κ1) is 20.6. The van der Waals surface area contributed by atoms with E-state index in [1.54, 1.807) is 30.3 Å². The van der Waals surface area contributed by atoms with Crippen molar-refractivity contribution in [3.05, 3.63) is 42.5 Å². The van der Waals surface area contributed by atoms with E-state index in [4.69, 9.17) is 0 Å². The van der Waals surface area contributed by atoms with E-state index < -0.39 is 16.1 Å². The molecule has 0 saturated heterocycles. The quantitative estimate of drug-likeness (QED) is 0.389. The molecule has 0 bridgehead atoms. The third-order valence-electron chi connectivity index (χ3n) is 4.70. The van der Waals surface area contributed by atoms with E-state index in [2.05, 4.69) is 9.46 Å². The number of aliphatic hydroxyl groups is 1. The second-order valence-corrected chi connectivity index (χ2v) is 8.24. The van der Waals surface area contributed by atoms with Crippen LogP contribution >= 0.6 is 0 Å². The summed E-state index contributed by atoms with van der Waals surface area (Å²) in [6.07, 6.45) is 7.05. The van der Waals surface area contributed by atoms with Crippen molar-refractivity contribution in [3.8, 4) is 0 Å². The number of carbonyl (C=O) groups is 1. The average molecular weight is 381 g/mol. The predicted octanol–water partition coefficient (Wildman–Crippen LogP) is 2.39. The molecule has 0 spiro atoms. The van der Waals surface area contributed by atoms with Gasteiger partial charge in [0, 0.05) is 18.4 Å². The molecule has 2 N–H and O–H groups in total. The standard InChI is InChI=1S/C19H27NO5S/c1-25-19(22)12-8-3-2-7-11-16-17(13-14-18(16)21)20-26(23,24)15-9-5-4-6-10-15/h2,4-7,9-10,16-18,20-21H,3,8,11-14H2,1H3/b7-2-/t16-,17+,18+/m1/s1. The summed E-state index contributed by atoms with van der Waals surface area (Å²) in [6, 6.07) is 7.98. The number of sulfonamides is 1. The van der Waals surface area contributed by atoms with Gasteiger partial charge in [-0.1, -0.05) is 30.4 Å². The van der Waals surface area contributed by atoms with Gasteiger partial charge in [-0.05, 0) is 44.2 Å². The van der Waals surface area contributed by atoms with Crippen LogP contribution in [0.3, 0.4) is 0 Å². The molecule has 0 aromatic heterocycles. The lowest BCUT2D eigenvalue weighted by atomic mass is 9.98. The van der Waals surface area contributed by atoms with Crippen LogP contribution in [-0.2, 0) is 19.6 Å². The molecular formula is C19H27NO5S. The van der Waals surface area contributed by atoms with Gasteiger partial charge >= 0.3 is 5.97 Å². The van der Waals surface area contributed by atoms with Crippen LogP contribution < -0.4 is 4.72 Å². The van der Waals surface area contributed by atoms with Crippen LogP contribution in [0.1, 0.15) is 38.5 Å². The molecule has 0 unspecified atom stereocenters. The monoisotopic (exact) mass is 381 g/mol. The summed E-state index contributed by atoms with van der Waals surface area (Å²) >= 11 is 0. The van der Waals surface area contributed by atoms with Crippen LogP contribution in [0, 0.1) is 5.92 Å². The zero-order chi connectivity index (χ0) is 19.0. The van der Waals surface area contributed by atoms with Gasteiger partial charge in [-0.15, -0.1) is 0 Å². The molecule has 1 saturated carbocycles. The first-order valence-electron chi connectivity index (χ1n) is 8.91. The molecule has 1 fully saturated rings. The fourth-order valence-corrected chi connectivity index (χ4v) is 4.56. The molecule has 0 heterocycles. The minimum atomic E-state index is -3.59. The van der Waals surface area contributed by atoms with E-state index in [1.165, 1.54) is 7.11 Å². The minimum absolute atomic E-state index is 0.148. The topological polar surface area (TPSA) is 92.7 Å². The molecule has 0 aliphatic heterocycles. The highest BCUT2D eigenvalue weighted by Crippen LogP contribution is 2.30. The number of ether oxygens (including phenoxy) is 1. The highest BCUT2D eigenvalue weighted by molar-refractivity contribution is 7.89. The average Bonchev–Trinajstić information content (AvgIpc) is 2.97. The van der Waals surface area contributed by atoms with Crippen LogP contribution in [0.2, 0.25) is 0 Å². The van der Waals surface area contributed by atoms with Gasteiger partial charge in [0.25, 0.3) is 0 Å². The van der Waals surface area contributed by atoms with E-state index in [-0.39, 0.29) is 22.8 Å². The lowest BCUT2D eigenvalue weighted by molar-refractivity contribution is -0.140. The maximum atomic E-state index is 12.5. The molecule has 7 heteroatoms. The number of esters is 1.